The minimum Gasteiger partial charge on any atom is -0.310 e. The number of carbonyl (C=O) groups excluding carboxylic acids is 1. The Labute approximate surface area is 146 Å². The fourth-order valence-corrected chi connectivity index (χ4v) is 3.55. The van der Waals surface area contributed by atoms with Gasteiger partial charge in [-0.25, -0.2) is 4.98 Å². The van der Waals surface area contributed by atoms with Gasteiger partial charge in [0.05, 0.1) is 6.20 Å². The summed E-state index contributed by atoms with van der Waals surface area (Å²) in [5.74, 6) is 1.58. The third-order valence-electron chi connectivity index (χ3n) is 5.19. The predicted octanol–water partition coefficient (Wildman–Crippen LogP) is 4.39. The van der Waals surface area contributed by atoms with Crippen molar-refractivity contribution in [1.29, 1.82) is 0 Å². The highest BCUT2D eigenvalue weighted by Gasteiger charge is 2.24. The fourth-order valence-electron chi connectivity index (χ4n) is 3.55. The number of H-pyrrole nitrogens is 1. The third-order valence-corrected chi connectivity index (χ3v) is 5.19. The van der Waals surface area contributed by atoms with E-state index in [2.05, 4.69) is 39.6 Å². The van der Waals surface area contributed by atoms with Crippen LogP contribution in [0.3, 0.4) is 0 Å². The van der Waals surface area contributed by atoms with E-state index in [-0.39, 0.29) is 11.8 Å². The van der Waals surface area contributed by atoms with Gasteiger partial charge in [-0.15, -0.1) is 0 Å². The lowest BCUT2D eigenvalue weighted by Crippen LogP contribution is -2.26. The van der Waals surface area contributed by atoms with Crippen molar-refractivity contribution in [2.75, 3.05) is 5.32 Å². The Balaban J connectivity index is 1.54. The largest absolute Gasteiger partial charge is 0.310 e. The Bertz CT molecular complexity index is 880. The van der Waals surface area contributed by atoms with Crippen molar-refractivity contribution in [3.63, 3.8) is 0 Å². The summed E-state index contributed by atoms with van der Waals surface area (Å²) >= 11 is 0. The second-order valence-corrected chi connectivity index (χ2v) is 7.06. The molecule has 0 unspecified atom stereocenters. The lowest BCUT2D eigenvalue weighted by molar-refractivity contribution is -0.121. The molecule has 128 valence electrons. The first kappa shape index (κ1) is 15.8. The number of pyridine rings is 1. The van der Waals surface area contributed by atoms with E-state index in [4.69, 9.17) is 0 Å². The molecular formula is C20H22N4O. The van der Waals surface area contributed by atoms with E-state index in [0.717, 1.165) is 53.5 Å². The first-order valence-electron chi connectivity index (χ1n) is 8.89. The van der Waals surface area contributed by atoms with Crippen molar-refractivity contribution in [2.45, 2.75) is 32.6 Å². The minimum atomic E-state index is 0.102. The summed E-state index contributed by atoms with van der Waals surface area (Å²) in [5.41, 5.74) is 2.13. The summed E-state index contributed by atoms with van der Waals surface area (Å²) in [6.07, 6.45) is 9.71. The number of aromatic nitrogens is 3. The van der Waals surface area contributed by atoms with E-state index in [1.807, 2.05) is 24.5 Å². The molecule has 1 amide bonds. The number of hydrogen-bond acceptors (Lipinski definition) is 3. The fraction of sp³-hybridized carbons (Fsp3) is 0.350. The zero-order valence-electron chi connectivity index (χ0n) is 14.3. The Morgan fingerprint density at radius 3 is 2.68 bits per heavy atom. The van der Waals surface area contributed by atoms with Crippen LogP contribution in [-0.2, 0) is 4.79 Å². The molecule has 2 aromatic heterocycles. The van der Waals surface area contributed by atoms with Gasteiger partial charge in [0.15, 0.2) is 0 Å². The van der Waals surface area contributed by atoms with Crippen LogP contribution in [0.2, 0.25) is 0 Å². The average Bonchev–Trinajstić information content (AvgIpc) is 3.16. The Kier molecular flexibility index (Phi) is 4.22. The molecule has 2 heterocycles. The molecule has 0 atom stereocenters. The second kappa shape index (κ2) is 6.67. The number of anilines is 1. The van der Waals surface area contributed by atoms with Crippen molar-refractivity contribution in [2.24, 2.45) is 11.8 Å². The van der Waals surface area contributed by atoms with E-state index in [1.54, 1.807) is 6.20 Å². The number of fused-ring (bicyclic) bond motifs is 1. The van der Waals surface area contributed by atoms with Crippen LogP contribution in [0.4, 0.5) is 5.82 Å². The zero-order chi connectivity index (χ0) is 17.2. The maximum absolute atomic E-state index is 12.5. The van der Waals surface area contributed by atoms with Crippen molar-refractivity contribution in [3.05, 3.63) is 42.9 Å². The topological polar surface area (TPSA) is 70.7 Å². The molecule has 0 saturated heterocycles. The second-order valence-electron chi connectivity index (χ2n) is 7.06. The molecule has 1 fully saturated rings. The standard InChI is InChI=1S/C20H22N4O/c1-13-2-4-14(5-3-13)20(25)24-19-9-17-8-15(18-11-22-23-12-18)6-7-16(17)10-21-19/h6-14H,2-5H2,1H3,(H,22,23)(H,21,24,25). The van der Waals surface area contributed by atoms with Gasteiger partial charge >= 0.3 is 0 Å². The van der Waals surface area contributed by atoms with Gasteiger partial charge in [-0.05, 0) is 54.7 Å². The number of carbonyl (C=O) groups is 1. The number of amides is 1. The van der Waals surface area contributed by atoms with Gasteiger partial charge < -0.3 is 5.32 Å². The van der Waals surface area contributed by atoms with Gasteiger partial charge in [-0.2, -0.15) is 5.10 Å². The molecule has 1 aliphatic rings. The molecule has 1 saturated carbocycles. The van der Waals surface area contributed by atoms with Gasteiger partial charge in [0, 0.05) is 29.3 Å². The normalized spacial score (nSPS) is 20.5. The van der Waals surface area contributed by atoms with Crippen LogP contribution in [0.5, 0.6) is 0 Å². The molecule has 5 heteroatoms. The Morgan fingerprint density at radius 2 is 1.92 bits per heavy atom. The molecule has 1 aliphatic carbocycles. The van der Waals surface area contributed by atoms with E-state index in [1.165, 1.54) is 0 Å². The predicted molar refractivity (Wildman–Crippen MR) is 99.1 cm³/mol. The summed E-state index contributed by atoms with van der Waals surface area (Å²) < 4.78 is 0. The van der Waals surface area contributed by atoms with Crippen LogP contribution in [0.15, 0.2) is 42.9 Å². The number of nitrogens with one attached hydrogen (secondary N) is 2. The van der Waals surface area contributed by atoms with E-state index in [9.17, 15) is 4.79 Å². The highest BCUT2D eigenvalue weighted by molar-refractivity contribution is 5.95. The molecule has 0 aliphatic heterocycles. The van der Waals surface area contributed by atoms with Crippen LogP contribution in [0.1, 0.15) is 32.6 Å². The first-order valence-corrected chi connectivity index (χ1v) is 8.89. The molecule has 0 radical (unpaired) electrons. The van der Waals surface area contributed by atoms with Crippen LogP contribution in [0.25, 0.3) is 21.9 Å². The Morgan fingerprint density at radius 1 is 1.08 bits per heavy atom. The van der Waals surface area contributed by atoms with Crippen molar-refractivity contribution in [1.82, 2.24) is 15.2 Å². The maximum Gasteiger partial charge on any atom is 0.228 e. The summed E-state index contributed by atoms with van der Waals surface area (Å²) in [5, 5.41) is 11.9. The van der Waals surface area contributed by atoms with Crippen LogP contribution in [-0.4, -0.2) is 21.1 Å². The smallest absolute Gasteiger partial charge is 0.228 e. The number of hydrogen-bond donors (Lipinski definition) is 2. The average molecular weight is 334 g/mol. The maximum atomic E-state index is 12.5. The van der Waals surface area contributed by atoms with Crippen LogP contribution in [0, 0.1) is 11.8 Å². The number of benzene rings is 1. The molecule has 0 spiro atoms. The summed E-state index contributed by atoms with van der Waals surface area (Å²) in [6, 6.07) is 8.14. The number of nitrogens with zero attached hydrogens (tertiary/aromatic N) is 2. The zero-order valence-corrected chi connectivity index (χ0v) is 14.3. The summed E-state index contributed by atoms with van der Waals surface area (Å²) in [6.45, 7) is 2.26. The summed E-state index contributed by atoms with van der Waals surface area (Å²) in [4.78, 5) is 16.9. The lowest BCUT2D eigenvalue weighted by Gasteiger charge is -2.25. The molecule has 2 N–H and O–H groups in total. The highest BCUT2D eigenvalue weighted by Crippen LogP contribution is 2.29. The minimum absolute atomic E-state index is 0.102. The van der Waals surface area contributed by atoms with Crippen molar-refractivity contribution in [3.8, 4) is 11.1 Å². The van der Waals surface area contributed by atoms with Crippen molar-refractivity contribution < 1.29 is 4.79 Å². The SMILES string of the molecule is CC1CCC(C(=O)Nc2cc3cc(-c4cn[nH]c4)ccc3cn2)CC1. The van der Waals surface area contributed by atoms with Crippen molar-refractivity contribution >= 4 is 22.5 Å². The third kappa shape index (κ3) is 3.40. The molecule has 25 heavy (non-hydrogen) atoms. The van der Waals surface area contributed by atoms with E-state index < -0.39 is 0 Å². The van der Waals surface area contributed by atoms with Gasteiger partial charge in [-0.1, -0.05) is 19.1 Å². The van der Waals surface area contributed by atoms with Gasteiger partial charge in [0.2, 0.25) is 5.91 Å². The first-order chi connectivity index (χ1) is 12.2. The molecule has 3 aromatic rings. The van der Waals surface area contributed by atoms with Gasteiger partial charge in [0.1, 0.15) is 5.82 Å². The van der Waals surface area contributed by atoms with Crippen LogP contribution >= 0.6 is 0 Å². The Hall–Kier alpha value is -2.69. The molecule has 4 rings (SSSR count). The van der Waals surface area contributed by atoms with Crippen LogP contribution < -0.4 is 5.32 Å². The van der Waals surface area contributed by atoms with Gasteiger partial charge in [-0.3, -0.25) is 9.89 Å². The van der Waals surface area contributed by atoms with E-state index >= 15 is 0 Å². The summed E-state index contributed by atoms with van der Waals surface area (Å²) in [7, 11) is 0. The highest BCUT2D eigenvalue weighted by atomic mass is 16.1. The molecular weight excluding hydrogens is 312 g/mol. The number of rotatable bonds is 3. The molecule has 5 nitrogen and oxygen atoms in total. The molecule has 0 bridgehead atoms. The monoisotopic (exact) mass is 334 g/mol. The molecule has 1 aromatic carbocycles. The van der Waals surface area contributed by atoms with E-state index in [0.29, 0.717) is 5.82 Å². The quantitative estimate of drug-likeness (QED) is 0.746. The van der Waals surface area contributed by atoms with Gasteiger partial charge in [0.25, 0.3) is 0 Å². The number of aromatic amines is 1. The lowest BCUT2D eigenvalue weighted by atomic mass is 9.82.